The maximum Gasteiger partial charge on any atom is 0.341 e. The van der Waals surface area contributed by atoms with E-state index in [1.807, 2.05) is 30.3 Å². The molecule has 0 aliphatic carbocycles. The van der Waals surface area contributed by atoms with Gasteiger partial charge in [0, 0.05) is 25.6 Å². The van der Waals surface area contributed by atoms with Crippen molar-refractivity contribution < 1.29 is 13.9 Å². The lowest BCUT2D eigenvalue weighted by molar-refractivity contribution is 0.0593. The Morgan fingerprint density at radius 3 is 2.68 bits per heavy atom. The van der Waals surface area contributed by atoms with Crippen molar-refractivity contribution in [3.63, 3.8) is 0 Å². The Bertz CT molecular complexity index is 801. The number of esters is 1. The SMILES string of the molecule is COC(=O)c1c(F)cccc1[C@H]1CN(Cc2ccccc2)C[C@@H]1C#N. The monoisotopic (exact) mass is 338 g/mol. The molecule has 1 saturated heterocycles. The van der Waals surface area contributed by atoms with E-state index in [-0.39, 0.29) is 17.4 Å². The number of hydrogen-bond acceptors (Lipinski definition) is 4. The van der Waals surface area contributed by atoms with E-state index >= 15 is 0 Å². The van der Waals surface area contributed by atoms with Gasteiger partial charge in [-0.25, -0.2) is 9.18 Å². The van der Waals surface area contributed by atoms with Crippen molar-refractivity contribution in [3.8, 4) is 6.07 Å². The van der Waals surface area contributed by atoms with Crippen molar-refractivity contribution in [2.75, 3.05) is 20.2 Å². The van der Waals surface area contributed by atoms with Gasteiger partial charge in [-0.3, -0.25) is 4.90 Å². The third kappa shape index (κ3) is 3.54. The van der Waals surface area contributed by atoms with Gasteiger partial charge in [0.05, 0.1) is 24.7 Å². The van der Waals surface area contributed by atoms with Crippen LogP contribution in [-0.4, -0.2) is 31.1 Å². The molecule has 1 fully saturated rings. The highest BCUT2D eigenvalue weighted by molar-refractivity contribution is 5.91. The molecule has 25 heavy (non-hydrogen) atoms. The highest BCUT2D eigenvalue weighted by atomic mass is 19.1. The van der Waals surface area contributed by atoms with Crippen LogP contribution in [0, 0.1) is 23.1 Å². The zero-order valence-electron chi connectivity index (χ0n) is 14.0. The van der Waals surface area contributed by atoms with E-state index in [1.54, 1.807) is 12.1 Å². The first-order valence-corrected chi connectivity index (χ1v) is 8.16. The van der Waals surface area contributed by atoms with E-state index in [1.165, 1.54) is 13.2 Å². The summed E-state index contributed by atoms with van der Waals surface area (Å²) in [6, 6.07) is 16.8. The van der Waals surface area contributed by atoms with E-state index in [4.69, 9.17) is 4.74 Å². The van der Waals surface area contributed by atoms with Crippen LogP contribution >= 0.6 is 0 Å². The summed E-state index contributed by atoms with van der Waals surface area (Å²) in [6.45, 7) is 1.91. The molecule has 2 atom stereocenters. The summed E-state index contributed by atoms with van der Waals surface area (Å²) in [5, 5.41) is 9.55. The van der Waals surface area contributed by atoms with Crippen molar-refractivity contribution in [1.29, 1.82) is 5.26 Å². The van der Waals surface area contributed by atoms with Crippen LogP contribution < -0.4 is 0 Å². The predicted octanol–water partition coefficient (Wildman–Crippen LogP) is 3.35. The molecule has 0 spiro atoms. The van der Waals surface area contributed by atoms with Crippen LogP contribution in [0.2, 0.25) is 0 Å². The van der Waals surface area contributed by atoms with E-state index in [0.29, 0.717) is 18.7 Å². The standard InChI is InChI=1S/C20H19FN2O2/c1-25-20(24)19-16(8-5-9-18(19)21)17-13-23(12-15(17)10-22)11-14-6-3-2-4-7-14/h2-9,15,17H,11-13H2,1H3/t15-,17-/m0/s1. The molecule has 1 heterocycles. The second-order valence-electron chi connectivity index (χ2n) is 6.22. The van der Waals surface area contributed by atoms with Crippen molar-refractivity contribution in [1.82, 2.24) is 4.90 Å². The number of hydrogen-bond donors (Lipinski definition) is 0. The molecule has 2 aromatic carbocycles. The van der Waals surface area contributed by atoms with Gasteiger partial charge in [-0.1, -0.05) is 42.5 Å². The molecular formula is C20H19FN2O2. The molecule has 0 aromatic heterocycles. The van der Waals surface area contributed by atoms with Crippen LogP contribution in [0.1, 0.15) is 27.4 Å². The molecule has 0 radical (unpaired) electrons. The van der Waals surface area contributed by atoms with Crippen LogP contribution in [0.5, 0.6) is 0 Å². The van der Waals surface area contributed by atoms with Gasteiger partial charge in [0.2, 0.25) is 0 Å². The van der Waals surface area contributed by atoms with Crippen molar-refractivity contribution >= 4 is 5.97 Å². The summed E-state index contributed by atoms with van der Waals surface area (Å²) < 4.78 is 19.0. The average Bonchev–Trinajstić information content (AvgIpc) is 3.04. The van der Waals surface area contributed by atoms with E-state index in [2.05, 4.69) is 11.0 Å². The molecule has 1 aliphatic heterocycles. The minimum atomic E-state index is -0.703. The average molecular weight is 338 g/mol. The Balaban J connectivity index is 1.88. The lowest BCUT2D eigenvalue weighted by atomic mass is 9.86. The molecule has 3 rings (SSSR count). The highest BCUT2D eigenvalue weighted by Gasteiger charge is 2.36. The lowest BCUT2D eigenvalue weighted by Crippen LogP contribution is -2.20. The molecule has 0 amide bonds. The number of ether oxygens (including phenoxy) is 1. The normalized spacial score (nSPS) is 20.2. The van der Waals surface area contributed by atoms with Crippen LogP contribution in [0.4, 0.5) is 4.39 Å². The molecule has 1 aliphatic rings. The minimum absolute atomic E-state index is 0.0585. The second kappa shape index (κ2) is 7.45. The molecule has 2 aromatic rings. The zero-order chi connectivity index (χ0) is 17.8. The Morgan fingerprint density at radius 1 is 1.24 bits per heavy atom. The Labute approximate surface area is 146 Å². The number of rotatable bonds is 4. The van der Waals surface area contributed by atoms with E-state index < -0.39 is 11.8 Å². The van der Waals surface area contributed by atoms with Crippen molar-refractivity contribution in [2.24, 2.45) is 5.92 Å². The van der Waals surface area contributed by atoms with Gasteiger partial charge < -0.3 is 4.74 Å². The number of likely N-dealkylation sites (tertiary alicyclic amines) is 1. The van der Waals surface area contributed by atoms with Crippen molar-refractivity contribution in [2.45, 2.75) is 12.5 Å². The molecule has 0 saturated carbocycles. The van der Waals surface area contributed by atoms with Gasteiger partial charge in [0.1, 0.15) is 5.82 Å². The fourth-order valence-electron chi connectivity index (χ4n) is 3.47. The van der Waals surface area contributed by atoms with Gasteiger partial charge in [-0.15, -0.1) is 0 Å². The quantitative estimate of drug-likeness (QED) is 0.802. The first-order chi connectivity index (χ1) is 12.1. The number of benzene rings is 2. The Kier molecular flexibility index (Phi) is 5.11. The summed E-state index contributed by atoms with van der Waals surface area (Å²) in [5.41, 5.74) is 1.65. The number of halogens is 1. The summed E-state index contributed by atoms with van der Waals surface area (Å²) in [5.74, 6) is -1.83. The van der Waals surface area contributed by atoms with Gasteiger partial charge >= 0.3 is 5.97 Å². The summed E-state index contributed by atoms with van der Waals surface area (Å²) in [6.07, 6.45) is 0. The maximum atomic E-state index is 14.2. The van der Waals surface area contributed by atoms with Gasteiger partial charge in [-0.2, -0.15) is 5.26 Å². The number of methoxy groups -OCH3 is 1. The molecule has 5 heteroatoms. The highest BCUT2D eigenvalue weighted by Crippen LogP contribution is 2.35. The largest absolute Gasteiger partial charge is 0.465 e. The van der Waals surface area contributed by atoms with E-state index in [9.17, 15) is 14.4 Å². The van der Waals surface area contributed by atoms with Crippen LogP contribution in [0.15, 0.2) is 48.5 Å². The fraction of sp³-hybridized carbons (Fsp3) is 0.300. The summed E-state index contributed by atoms with van der Waals surface area (Å²) in [7, 11) is 1.23. The van der Waals surface area contributed by atoms with Crippen LogP contribution in [-0.2, 0) is 11.3 Å². The molecule has 0 bridgehead atoms. The number of carbonyl (C=O) groups excluding carboxylic acids is 1. The molecular weight excluding hydrogens is 319 g/mol. The van der Waals surface area contributed by atoms with Crippen LogP contribution in [0.3, 0.4) is 0 Å². The smallest absolute Gasteiger partial charge is 0.341 e. The maximum absolute atomic E-state index is 14.2. The Morgan fingerprint density at radius 2 is 2.00 bits per heavy atom. The topological polar surface area (TPSA) is 53.3 Å². The first-order valence-electron chi connectivity index (χ1n) is 8.16. The molecule has 0 N–H and O–H groups in total. The van der Waals surface area contributed by atoms with Crippen LogP contribution in [0.25, 0.3) is 0 Å². The summed E-state index contributed by atoms with van der Waals surface area (Å²) >= 11 is 0. The van der Waals surface area contributed by atoms with E-state index in [0.717, 1.165) is 12.1 Å². The number of nitrogens with zero attached hydrogens (tertiary/aromatic N) is 2. The Hall–Kier alpha value is -2.71. The summed E-state index contributed by atoms with van der Waals surface area (Å²) in [4.78, 5) is 14.2. The molecule has 4 nitrogen and oxygen atoms in total. The number of nitriles is 1. The lowest BCUT2D eigenvalue weighted by Gasteiger charge is -2.18. The first kappa shape index (κ1) is 17.1. The minimum Gasteiger partial charge on any atom is -0.465 e. The number of carbonyl (C=O) groups is 1. The predicted molar refractivity (Wildman–Crippen MR) is 91.3 cm³/mol. The van der Waals surface area contributed by atoms with Crippen molar-refractivity contribution in [3.05, 3.63) is 71.0 Å². The molecule has 0 unspecified atom stereocenters. The molecule has 128 valence electrons. The zero-order valence-corrected chi connectivity index (χ0v) is 14.0. The van der Waals surface area contributed by atoms with Gasteiger partial charge in [-0.05, 0) is 17.2 Å². The third-order valence-electron chi connectivity index (χ3n) is 4.65. The fourth-order valence-corrected chi connectivity index (χ4v) is 3.47. The van der Waals surface area contributed by atoms with Gasteiger partial charge in [0.25, 0.3) is 0 Å². The third-order valence-corrected chi connectivity index (χ3v) is 4.65. The van der Waals surface area contributed by atoms with Gasteiger partial charge in [0.15, 0.2) is 0 Å². The second-order valence-corrected chi connectivity index (χ2v) is 6.22.